The van der Waals surface area contributed by atoms with Gasteiger partial charge in [0.25, 0.3) is 11.5 Å². The van der Waals surface area contributed by atoms with Crippen molar-refractivity contribution in [3.05, 3.63) is 93.9 Å². The Labute approximate surface area is 176 Å². The lowest BCUT2D eigenvalue weighted by Gasteiger charge is -2.21. The van der Waals surface area contributed by atoms with Gasteiger partial charge in [-0.25, -0.2) is 4.68 Å². The summed E-state index contributed by atoms with van der Waals surface area (Å²) in [5.74, 6) is 0.594. The highest BCUT2D eigenvalue weighted by molar-refractivity contribution is 5.92. The van der Waals surface area contributed by atoms with Crippen molar-refractivity contribution in [1.82, 2.24) is 14.7 Å². The normalized spacial score (nSPS) is 10.6. The summed E-state index contributed by atoms with van der Waals surface area (Å²) < 4.78 is 7.17. The molecule has 0 fully saturated rings. The van der Waals surface area contributed by atoms with Gasteiger partial charge in [-0.1, -0.05) is 49.4 Å². The molecule has 1 aromatic heterocycles. The van der Waals surface area contributed by atoms with Crippen molar-refractivity contribution in [3.8, 4) is 5.75 Å². The molecule has 6 heteroatoms. The highest BCUT2D eigenvalue weighted by atomic mass is 16.5. The number of hydrogen-bond acceptors (Lipinski definition) is 4. The van der Waals surface area contributed by atoms with Crippen molar-refractivity contribution < 1.29 is 9.53 Å². The van der Waals surface area contributed by atoms with E-state index in [1.807, 2.05) is 68.4 Å². The van der Waals surface area contributed by atoms with Crippen molar-refractivity contribution in [1.29, 1.82) is 0 Å². The molecule has 30 heavy (non-hydrogen) atoms. The Bertz CT molecular complexity index is 1010. The van der Waals surface area contributed by atoms with Crippen molar-refractivity contribution >= 4 is 5.91 Å². The van der Waals surface area contributed by atoms with Gasteiger partial charge < -0.3 is 9.64 Å². The third-order valence-electron chi connectivity index (χ3n) is 4.74. The van der Waals surface area contributed by atoms with Gasteiger partial charge >= 0.3 is 0 Å². The van der Waals surface area contributed by atoms with Crippen LogP contribution in [0.5, 0.6) is 5.75 Å². The molecule has 3 aromatic rings. The number of rotatable bonds is 9. The van der Waals surface area contributed by atoms with E-state index in [4.69, 9.17) is 4.74 Å². The molecule has 0 atom stereocenters. The number of carbonyl (C=O) groups is 1. The Morgan fingerprint density at radius 1 is 0.967 bits per heavy atom. The van der Waals surface area contributed by atoms with E-state index < -0.39 is 0 Å². The van der Waals surface area contributed by atoms with Gasteiger partial charge in [0.1, 0.15) is 18.1 Å². The maximum atomic E-state index is 12.9. The van der Waals surface area contributed by atoms with Gasteiger partial charge in [-0.05, 0) is 42.7 Å². The molecule has 1 amide bonds. The highest BCUT2D eigenvalue weighted by Gasteiger charge is 2.17. The van der Waals surface area contributed by atoms with E-state index in [1.165, 1.54) is 16.8 Å². The minimum absolute atomic E-state index is 0.188. The quantitative estimate of drug-likeness (QED) is 0.542. The van der Waals surface area contributed by atoms with Crippen LogP contribution in [0.3, 0.4) is 0 Å². The summed E-state index contributed by atoms with van der Waals surface area (Å²) in [5, 5.41) is 4.23. The third-order valence-corrected chi connectivity index (χ3v) is 4.74. The van der Waals surface area contributed by atoms with Gasteiger partial charge in [0.2, 0.25) is 0 Å². The second kappa shape index (κ2) is 10.4. The van der Waals surface area contributed by atoms with Crippen molar-refractivity contribution in [2.24, 2.45) is 0 Å². The van der Waals surface area contributed by atoms with E-state index in [-0.39, 0.29) is 17.2 Å². The van der Waals surface area contributed by atoms with E-state index in [2.05, 4.69) is 5.10 Å². The molecule has 0 bridgehead atoms. The maximum absolute atomic E-state index is 12.9. The molecule has 0 unspecified atom stereocenters. The Kier molecular flexibility index (Phi) is 7.38. The minimum atomic E-state index is -0.192. The summed E-state index contributed by atoms with van der Waals surface area (Å²) in [5.41, 5.74) is 2.20. The predicted octanol–water partition coefficient (Wildman–Crippen LogP) is 3.89. The van der Waals surface area contributed by atoms with Gasteiger partial charge in [-0.15, -0.1) is 0 Å². The Morgan fingerprint density at radius 2 is 1.70 bits per heavy atom. The Morgan fingerprint density at radius 3 is 2.37 bits per heavy atom. The zero-order chi connectivity index (χ0) is 21.3. The monoisotopic (exact) mass is 405 g/mol. The first kappa shape index (κ1) is 21.3. The average molecular weight is 405 g/mol. The van der Waals surface area contributed by atoms with Crippen LogP contribution in [0.25, 0.3) is 0 Å². The number of aromatic nitrogens is 2. The van der Waals surface area contributed by atoms with Crippen molar-refractivity contribution in [2.45, 2.75) is 40.0 Å². The third kappa shape index (κ3) is 5.56. The second-order valence-electron chi connectivity index (χ2n) is 7.02. The van der Waals surface area contributed by atoms with E-state index in [1.54, 1.807) is 4.90 Å². The fraction of sp³-hybridized carbons (Fsp3) is 0.292. The molecule has 0 saturated carbocycles. The molecule has 156 valence electrons. The molecule has 6 nitrogen and oxygen atoms in total. The summed E-state index contributed by atoms with van der Waals surface area (Å²) in [6, 6.07) is 20.7. The fourth-order valence-electron chi connectivity index (χ4n) is 3.08. The highest BCUT2D eigenvalue weighted by Crippen LogP contribution is 2.16. The largest absolute Gasteiger partial charge is 0.489 e. The first-order chi connectivity index (χ1) is 14.6. The van der Waals surface area contributed by atoms with E-state index in [9.17, 15) is 9.59 Å². The predicted molar refractivity (Wildman–Crippen MR) is 116 cm³/mol. The molecule has 0 aliphatic rings. The summed E-state index contributed by atoms with van der Waals surface area (Å²) in [7, 11) is 0. The average Bonchev–Trinajstić information content (AvgIpc) is 2.78. The molecule has 0 saturated heterocycles. The Balaban J connectivity index is 1.64. The van der Waals surface area contributed by atoms with E-state index >= 15 is 0 Å². The first-order valence-electron chi connectivity index (χ1n) is 10.2. The molecule has 0 aliphatic heterocycles. The van der Waals surface area contributed by atoms with Gasteiger partial charge in [0, 0.05) is 25.7 Å². The number of aryl methyl sites for hydroxylation is 1. The van der Waals surface area contributed by atoms with Crippen LogP contribution in [0, 0.1) is 0 Å². The van der Waals surface area contributed by atoms with Crippen LogP contribution >= 0.6 is 0 Å². The first-order valence-corrected chi connectivity index (χ1v) is 10.2. The molecule has 0 spiro atoms. The van der Waals surface area contributed by atoms with Crippen LogP contribution in [0.2, 0.25) is 0 Å². The lowest BCUT2D eigenvalue weighted by atomic mass is 10.2. The van der Waals surface area contributed by atoms with Crippen molar-refractivity contribution in [2.75, 3.05) is 6.54 Å². The second-order valence-corrected chi connectivity index (χ2v) is 7.02. The molecule has 0 aliphatic carbocycles. The maximum Gasteiger partial charge on any atom is 0.274 e. The summed E-state index contributed by atoms with van der Waals surface area (Å²) >= 11 is 0. The number of amides is 1. The van der Waals surface area contributed by atoms with Crippen LogP contribution in [0.15, 0.2) is 71.5 Å². The topological polar surface area (TPSA) is 64.4 Å². The minimum Gasteiger partial charge on any atom is -0.489 e. The molecular formula is C24H27N3O3. The van der Waals surface area contributed by atoms with Gasteiger partial charge in [0.05, 0.1) is 0 Å². The van der Waals surface area contributed by atoms with E-state index in [0.717, 1.165) is 23.3 Å². The summed E-state index contributed by atoms with van der Waals surface area (Å²) in [6.07, 6.45) is 0.779. The van der Waals surface area contributed by atoms with E-state index in [0.29, 0.717) is 26.2 Å². The molecule has 2 aromatic carbocycles. The molecule has 1 heterocycles. The lowest BCUT2D eigenvalue weighted by molar-refractivity contribution is 0.0743. The van der Waals surface area contributed by atoms with Crippen LogP contribution in [0.1, 0.15) is 41.9 Å². The SMILES string of the molecule is CCCn1nc(C(=O)N(CC)Cc2ccc(OCc3ccccc3)cc2)ccc1=O. The number of nitrogens with zero attached hydrogens (tertiary/aromatic N) is 3. The van der Waals surface area contributed by atoms with Crippen LogP contribution in [0.4, 0.5) is 0 Å². The van der Waals surface area contributed by atoms with Crippen LogP contribution in [-0.4, -0.2) is 27.1 Å². The van der Waals surface area contributed by atoms with Crippen LogP contribution in [-0.2, 0) is 19.7 Å². The zero-order valence-corrected chi connectivity index (χ0v) is 17.5. The molecule has 3 rings (SSSR count). The molecule has 0 N–H and O–H groups in total. The summed E-state index contributed by atoms with van der Waals surface area (Å²) in [4.78, 5) is 26.5. The number of hydrogen-bond donors (Lipinski definition) is 0. The number of carbonyl (C=O) groups excluding carboxylic acids is 1. The van der Waals surface area contributed by atoms with Gasteiger partial charge in [0.15, 0.2) is 0 Å². The summed E-state index contributed by atoms with van der Waals surface area (Å²) in [6.45, 7) is 5.91. The Hall–Kier alpha value is -3.41. The van der Waals surface area contributed by atoms with Gasteiger partial charge in [-0.3, -0.25) is 9.59 Å². The smallest absolute Gasteiger partial charge is 0.274 e. The van der Waals surface area contributed by atoms with Crippen molar-refractivity contribution in [3.63, 3.8) is 0 Å². The van der Waals surface area contributed by atoms with Crippen LogP contribution < -0.4 is 10.3 Å². The molecular weight excluding hydrogens is 378 g/mol. The number of ether oxygens (including phenoxy) is 1. The fourth-order valence-corrected chi connectivity index (χ4v) is 3.08. The lowest BCUT2D eigenvalue weighted by Crippen LogP contribution is -2.33. The number of benzene rings is 2. The zero-order valence-electron chi connectivity index (χ0n) is 17.5. The van der Waals surface area contributed by atoms with Gasteiger partial charge in [-0.2, -0.15) is 5.10 Å². The molecule has 0 radical (unpaired) electrons. The standard InChI is InChI=1S/C24H27N3O3/c1-3-16-27-23(28)15-14-22(25-27)24(29)26(4-2)17-19-10-12-21(13-11-19)30-18-20-8-6-5-7-9-20/h5-15H,3-4,16-18H2,1-2H3.